The summed E-state index contributed by atoms with van der Waals surface area (Å²) in [6.07, 6.45) is 12.0. The third kappa shape index (κ3) is 10.9. The molecule has 1 saturated heterocycles. The maximum Gasteiger partial charge on any atom is 0.410 e. The van der Waals surface area contributed by atoms with E-state index in [-0.39, 0.29) is 11.9 Å². The molecule has 1 aliphatic heterocycles. The molecule has 2 fully saturated rings. The summed E-state index contributed by atoms with van der Waals surface area (Å²) in [7, 11) is 0. The van der Waals surface area contributed by atoms with Crippen molar-refractivity contribution in [3.8, 4) is 0 Å². The van der Waals surface area contributed by atoms with Gasteiger partial charge in [0.05, 0.1) is 0 Å². The molecule has 0 aromatic carbocycles. The molecule has 1 amide bonds. The van der Waals surface area contributed by atoms with E-state index in [4.69, 9.17) is 4.74 Å². The van der Waals surface area contributed by atoms with Gasteiger partial charge in [-0.1, -0.05) is 72.6 Å². The number of nitrogens with zero attached hydrogens (tertiary/aromatic N) is 1. The summed E-state index contributed by atoms with van der Waals surface area (Å²) in [5, 5.41) is 1.93. The van der Waals surface area contributed by atoms with Crippen molar-refractivity contribution < 1.29 is 14.3 Å². The van der Waals surface area contributed by atoms with Crippen LogP contribution >= 0.6 is 11.3 Å². The van der Waals surface area contributed by atoms with Crippen molar-refractivity contribution in [3.05, 3.63) is 21.9 Å². The van der Waals surface area contributed by atoms with Gasteiger partial charge in [-0.15, -0.1) is 11.3 Å². The number of thiophene rings is 1. The molecule has 0 spiro atoms. The first-order valence-corrected chi connectivity index (χ1v) is 14.6. The Morgan fingerprint density at radius 3 is 2.21 bits per heavy atom. The van der Waals surface area contributed by atoms with Crippen molar-refractivity contribution in [1.29, 1.82) is 0 Å². The third-order valence-corrected chi connectivity index (χ3v) is 7.89. The molecule has 0 N–H and O–H groups in total. The molecule has 0 bridgehead atoms. The van der Waals surface area contributed by atoms with Gasteiger partial charge in [0, 0.05) is 28.9 Å². The van der Waals surface area contributed by atoms with Gasteiger partial charge in [-0.3, -0.25) is 4.79 Å². The lowest BCUT2D eigenvalue weighted by Crippen LogP contribution is -2.41. The van der Waals surface area contributed by atoms with Crippen LogP contribution in [0.2, 0.25) is 0 Å². The number of rotatable bonds is 5. The maximum atomic E-state index is 12.0. The van der Waals surface area contributed by atoms with Gasteiger partial charge in [-0.2, -0.15) is 0 Å². The van der Waals surface area contributed by atoms with E-state index in [1.54, 1.807) is 23.2 Å². The van der Waals surface area contributed by atoms with Crippen LogP contribution in [0.3, 0.4) is 0 Å². The summed E-state index contributed by atoms with van der Waals surface area (Å²) >= 11 is 1.65. The van der Waals surface area contributed by atoms with Gasteiger partial charge in [0.25, 0.3) is 0 Å². The number of ether oxygens (including phenoxy) is 1. The smallest absolute Gasteiger partial charge is 0.410 e. The number of ketones is 1. The van der Waals surface area contributed by atoms with Gasteiger partial charge in [0.2, 0.25) is 0 Å². The average molecular weight is 494 g/mol. The van der Waals surface area contributed by atoms with Gasteiger partial charge < -0.3 is 9.64 Å². The molecule has 0 radical (unpaired) electrons. The number of carbonyl (C=O) groups excluding carboxylic acids is 2. The van der Waals surface area contributed by atoms with E-state index in [9.17, 15) is 9.59 Å². The minimum Gasteiger partial charge on any atom is -0.444 e. The zero-order valence-corrected chi connectivity index (χ0v) is 24.1. The van der Waals surface area contributed by atoms with Crippen molar-refractivity contribution in [1.82, 2.24) is 4.90 Å². The highest BCUT2D eigenvalue weighted by molar-refractivity contribution is 7.10. The van der Waals surface area contributed by atoms with Gasteiger partial charge in [-0.05, 0) is 64.4 Å². The quantitative estimate of drug-likeness (QED) is 0.384. The molecule has 196 valence electrons. The van der Waals surface area contributed by atoms with Crippen LogP contribution in [0.15, 0.2) is 11.4 Å². The molecule has 2 atom stereocenters. The normalized spacial score (nSPS) is 21.0. The van der Waals surface area contributed by atoms with E-state index in [0.717, 1.165) is 30.2 Å². The van der Waals surface area contributed by atoms with Crippen LogP contribution in [0, 0.1) is 11.8 Å². The first-order chi connectivity index (χ1) is 16.1. The Kier molecular flexibility index (Phi) is 14.1. The Bertz CT molecular complexity index is 713. The largest absolute Gasteiger partial charge is 0.444 e. The van der Waals surface area contributed by atoms with Crippen molar-refractivity contribution in [2.45, 2.75) is 125 Å². The van der Waals surface area contributed by atoms with Crippen molar-refractivity contribution in [2.24, 2.45) is 11.8 Å². The fourth-order valence-corrected chi connectivity index (χ4v) is 5.83. The second-order valence-electron chi connectivity index (χ2n) is 10.7. The van der Waals surface area contributed by atoms with Crippen LogP contribution in [-0.2, 0) is 4.74 Å². The zero-order chi connectivity index (χ0) is 25.7. The predicted molar refractivity (Wildman–Crippen MR) is 146 cm³/mol. The van der Waals surface area contributed by atoms with E-state index in [1.807, 2.05) is 46.1 Å². The lowest BCUT2D eigenvalue weighted by Gasteiger charge is -2.33. The first-order valence-electron chi connectivity index (χ1n) is 13.7. The molecule has 1 aromatic heterocycles. The first kappa shape index (κ1) is 30.7. The van der Waals surface area contributed by atoms with E-state index in [2.05, 4.69) is 13.8 Å². The highest BCUT2D eigenvalue weighted by Gasteiger charge is 2.28. The van der Waals surface area contributed by atoms with Crippen molar-refractivity contribution in [2.75, 3.05) is 13.1 Å². The average Bonchev–Trinajstić information content (AvgIpc) is 3.30. The summed E-state index contributed by atoms with van der Waals surface area (Å²) in [4.78, 5) is 26.4. The van der Waals surface area contributed by atoms with Crippen LogP contribution in [0.5, 0.6) is 0 Å². The lowest BCUT2D eigenvalue weighted by atomic mass is 9.78. The molecule has 4 nitrogen and oxygen atoms in total. The van der Waals surface area contributed by atoms with Crippen molar-refractivity contribution in [3.63, 3.8) is 0 Å². The molecule has 5 heteroatoms. The van der Waals surface area contributed by atoms with Gasteiger partial charge in [0.15, 0.2) is 5.78 Å². The van der Waals surface area contributed by atoms with Crippen LogP contribution < -0.4 is 0 Å². The third-order valence-electron chi connectivity index (χ3n) is 6.79. The Hall–Kier alpha value is -1.36. The molecule has 2 unspecified atom stereocenters. The number of amides is 1. The van der Waals surface area contributed by atoms with Crippen LogP contribution in [-0.4, -0.2) is 35.5 Å². The summed E-state index contributed by atoms with van der Waals surface area (Å²) in [5.41, 5.74) is 0.350. The zero-order valence-electron chi connectivity index (χ0n) is 23.2. The number of hydrogen-bond donors (Lipinski definition) is 0. The Balaban J connectivity index is 0.000000374. The maximum absolute atomic E-state index is 12.0. The molecule has 2 aliphatic rings. The van der Waals surface area contributed by atoms with Gasteiger partial charge >= 0.3 is 6.09 Å². The summed E-state index contributed by atoms with van der Waals surface area (Å²) < 4.78 is 5.40. The number of piperidine rings is 1. The second-order valence-corrected chi connectivity index (χ2v) is 11.6. The molecule has 1 aliphatic carbocycles. The van der Waals surface area contributed by atoms with Crippen LogP contribution in [0.1, 0.15) is 134 Å². The topological polar surface area (TPSA) is 46.6 Å². The fourth-order valence-electron chi connectivity index (χ4n) is 4.71. The summed E-state index contributed by atoms with van der Waals surface area (Å²) in [5.74, 6) is 2.66. The molecular weight excluding hydrogens is 442 g/mol. The number of likely N-dealkylation sites (tertiary alicyclic amines) is 1. The Morgan fingerprint density at radius 1 is 1.09 bits per heavy atom. The molecule has 34 heavy (non-hydrogen) atoms. The van der Waals surface area contributed by atoms with E-state index in [0.29, 0.717) is 19.0 Å². The SMILES string of the molecule is CC.CC(=O)c1csc(C2CCN(C(=O)OC(C)(C)C)CC2)c1.CCCCC1CCCCC1C. The number of carbonyl (C=O) groups is 2. The summed E-state index contributed by atoms with van der Waals surface area (Å²) in [6, 6.07) is 2.00. The molecule has 3 rings (SSSR count). The minimum atomic E-state index is -0.446. The van der Waals surface area contributed by atoms with Crippen LogP contribution in [0.4, 0.5) is 4.79 Å². The van der Waals surface area contributed by atoms with Crippen LogP contribution in [0.25, 0.3) is 0 Å². The fraction of sp³-hybridized carbons (Fsp3) is 0.793. The summed E-state index contributed by atoms with van der Waals surface area (Å²) in [6.45, 7) is 17.4. The highest BCUT2D eigenvalue weighted by Crippen LogP contribution is 2.34. The second kappa shape index (κ2) is 15.6. The minimum absolute atomic E-state index is 0.115. The lowest BCUT2D eigenvalue weighted by molar-refractivity contribution is 0.0205. The van der Waals surface area contributed by atoms with E-state index in [1.165, 1.54) is 49.8 Å². The standard InChI is InChI=1S/C16H23NO3S.C11H22.C2H6/c1-11(18)13-9-14(21-10-13)12-5-7-17(8-6-12)15(19)20-16(2,3)4;1-3-4-8-11-9-6-5-7-10(11)2;1-2/h9-10,12H,5-8H2,1-4H3;10-11H,3-9H2,1-2H3;1-2H3. The molecule has 1 aromatic rings. The number of hydrogen-bond acceptors (Lipinski definition) is 4. The Morgan fingerprint density at radius 2 is 1.71 bits per heavy atom. The molecular formula is C29H51NO3S. The van der Waals surface area contributed by atoms with E-state index < -0.39 is 5.60 Å². The number of Topliss-reactive ketones (excluding diaryl/α,β-unsaturated/α-hetero) is 1. The van der Waals surface area contributed by atoms with Gasteiger partial charge in [0.1, 0.15) is 5.60 Å². The highest BCUT2D eigenvalue weighted by atomic mass is 32.1. The molecule has 2 heterocycles. The van der Waals surface area contributed by atoms with Crippen molar-refractivity contribution >= 4 is 23.2 Å². The Labute approximate surface area is 213 Å². The molecule has 1 saturated carbocycles. The monoisotopic (exact) mass is 493 g/mol. The number of unbranched alkanes of at least 4 members (excludes halogenated alkanes) is 1. The van der Waals surface area contributed by atoms with E-state index >= 15 is 0 Å². The van der Waals surface area contributed by atoms with Gasteiger partial charge in [-0.25, -0.2) is 4.79 Å². The predicted octanol–water partition coefficient (Wildman–Crippen LogP) is 9.09.